The van der Waals surface area contributed by atoms with Crippen molar-refractivity contribution < 1.29 is 9.90 Å². The van der Waals surface area contributed by atoms with Crippen molar-refractivity contribution in [2.24, 2.45) is 5.92 Å². The molecule has 0 heterocycles. The van der Waals surface area contributed by atoms with Crippen molar-refractivity contribution in [2.45, 2.75) is 18.7 Å². The summed E-state index contributed by atoms with van der Waals surface area (Å²) >= 11 is 1.75. The zero-order valence-corrected chi connectivity index (χ0v) is 14.1. The van der Waals surface area contributed by atoms with Crippen molar-refractivity contribution >= 4 is 17.7 Å². The van der Waals surface area contributed by atoms with Crippen molar-refractivity contribution in [2.75, 3.05) is 12.4 Å². The number of aliphatic hydroxyl groups is 1. The van der Waals surface area contributed by atoms with Gasteiger partial charge in [0.15, 0.2) is 0 Å². The molecular formula is C19H23NO2S. The summed E-state index contributed by atoms with van der Waals surface area (Å²) in [6.45, 7) is 1.83. The van der Waals surface area contributed by atoms with Crippen LogP contribution in [-0.2, 0) is 10.5 Å². The van der Waals surface area contributed by atoms with E-state index >= 15 is 0 Å². The van der Waals surface area contributed by atoms with Gasteiger partial charge in [-0.25, -0.2) is 0 Å². The zero-order chi connectivity index (χ0) is 16.5. The Morgan fingerprint density at radius 3 is 2.30 bits per heavy atom. The molecule has 2 N–H and O–H groups in total. The third-order valence-corrected chi connectivity index (χ3v) is 4.90. The van der Waals surface area contributed by atoms with Crippen LogP contribution in [0.4, 0.5) is 0 Å². The number of rotatable bonds is 8. The van der Waals surface area contributed by atoms with Crippen LogP contribution in [0.5, 0.6) is 0 Å². The summed E-state index contributed by atoms with van der Waals surface area (Å²) in [6, 6.07) is 19.5. The Morgan fingerprint density at radius 2 is 1.70 bits per heavy atom. The minimum absolute atomic E-state index is 0.0199. The van der Waals surface area contributed by atoms with E-state index in [2.05, 4.69) is 17.4 Å². The molecule has 0 aliphatic heterocycles. The number of aliphatic hydroxyl groups excluding tert-OH is 1. The van der Waals surface area contributed by atoms with E-state index in [9.17, 15) is 9.90 Å². The molecular weight excluding hydrogens is 306 g/mol. The molecule has 23 heavy (non-hydrogen) atoms. The summed E-state index contributed by atoms with van der Waals surface area (Å²) in [7, 11) is 0. The molecule has 2 atom stereocenters. The monoisotopic (exact) mass is 329 g/mol. The second-order valence-electron chi connectivity index (χ2n) is 5.56. The quantitative estimate of drug-likeness (QED) is 0.780. The van der Waals surface area contributed by atoms with Gasteiger partial charge >= 0.3 is 0 Å². The molecule has 0 saturated carbocycles. The second-order valence-corrected chi connectivity index (χ2v) is 6.59. The van der Waals surface area contributed by atoms with Gasteiger partial charge in [-0.15, -0.1) is 0 Å². The summed E-state index contributed by atoms with van der Waals surface area (Å²) in [6.07, 6.45) is 0. The average molecular weight is 329 g/mol. The maximum absolute atomic E-state index is 12.3. The molecule has 0 spiro atoms. The Labute approximate surface area is 142 Å². The highest BCUT2D eigenvalue weighted by atomic mass is 32.2. The molecule has 3 nitrogen and oxygen atoms in total. The Balaban J connectivity index is 1.80. The van der Waals surface area contributed by atoms with Gasteiger partial charge in [-0.05, 0) is 11.1 Å². The maximum atomic E-state index is 12.3. The zero-order valence-electron chi connectivity index (χ0n) is 13.3. The number of thioether (sulfide) groups is 1. The van der Waals surface area contributed by atoms with Crippen LogP contribution in [0.15, 0.2) is 60.7 Å². The molecule has 0 aliphatic carbocycles. The number of hydrogen-bond acceptors (Lipinski definition) is 3. The van der Waals surface area contributed by atoms with E-state index in [-0.39, 0.29) is 24.5 Å². The van der Waals surface area contributed by atoms with Crippen LogP contribution in [0.25, 0.3) is 0 Å². The van der Waals surface area contributed by atoms with Crippen molar-refractivity contribution in [3.63, 3.8) is 0 Å². The van der Waals surface area contributed by atoms with Crippen LogP contribution in [0.1, 0.15) is 24.1 Å². The van der Waals surface area contributed by atoms with Gasteiger partial charge in [-0.3, -0.25) is 4.79 Å². The van der Waals surface area contributed by atoms with Crippen molar-refractivity contribution in [3.05, 3.63) is 71.8 Å². The minimum atomic E-state index is -0.342. The van der Waals surface area contributed by atoms with Crippen LogP contribution >= 0.6 is 11.8 Å². The predicted octanol–water partition coefficient (Wildman–Crippen LogP) is 3.41. The van der Waals surface area contributed by atoms with Crippen LogP contribution in [0.3, 0.4) is 0 Å². The first kappa shape index (κ1) is 17.6. The fourth-order valence-electron chi connectivity index (χ4n) is 2.24. The summed E-state index contributed by atoms with van der Waals surface area (Å²) in [5, 5.41) is 12.4. The molecule has 0 aromatic heterocycles. The first-order valence-corrected chi connectivity index (χ1v) is 8.94. The molecule has 2 rings (SSSR count). The fraction of sp³-hybridized carbons (Fsp3) is 0.316. The van der Waals surface area contributed by atoms with E-state index in [1.165, 1.54) is 5.56 Å². The molecule has 0 aliphatic rings. The lowest BCUT2D eigenvalue weighted by atomic mass is 10.1. The van der Waals surface area contributed by atoms with E-state index in [4.69, 9.17) is 0 Å². The van der Waals surface area contributed by atoms with E-state index in [0.29, 0.717) is 0 Å². The molecule has 2 unspecified atom stereocenters. The first-order chi connectivity index (χ1) is 11.2. The molecule has 1 amide bonds. The highest BCUT2D eigenvalue weighted by Crippen LogP contribution is 2.17. The SMILES string of the molecule is CC(CSCc1ccccc1)C(=O)NC(CO)c1ccccc1. The van der Waals surface area contributed by atoms with Gasteiger partial charge in [-0.2, -0.15) is 11.8 Å². The predicted molar refractivity (Wildman–Crippen MR) is 96.2 cm³/mol. The van der Waals surface area contributed by atoms with Crippen LogP contribution in [0, 0.1) is 5.92 Å². The second kappa shape index (κ2) is 9.38. The highest BCUT2D eigenvalue weighted by Gasteiger charge is 2.18. The summed E-state index contributed by atoms with van der Waals surface area (Å²) < 4.78 is 0. The molecule has 2 aromatic carbocycles. The van der Waals surface area contributed by atoms with Crippen molar-refractivity contribution in [1.29, 1.82) is 0 Å². The summed E-state index contributed by atoms with van der Waals surface area (Å²) in [4.78, 5) is 12.3. The highest BCUT2D eigenvalue weighted by molar-refractivity contribution is 7.98. The Morgan fingerprint density at radius 1 is 1.09 bits per heavy atom. The van der Waals surface area contributed by atoms with E-state index in [1.54, 1.807) is 11.8 Å². The number of amides is 1. The minimum Gasteiger partial charge on any atom is -0.394 e. The number of benzene rings is 2. The van der Waals surface area contributed by atoms with Crippen LogP contribution < -0.4 is 5.32 Å². The van der Waals surface area contributed by atoms with Gasteiger partial charge in [0.2, 0.25) is 5.91 Å². The first-order valence-electron chi connectivity index (χ1n) is 7.78. The van der Waals surface area contributed by atoms with Gasteiger partial charge in [-0.1, -0.05) is 67.6 Å². The lowest BCUT2D eigenvalue weighted by Crippen LogP contribution is -2.35. The third-order valence-electron chi connectivity index (χ3n) is 3.63. The topological polar surface area (TPSA) is 49.3 Å². The Kier molecular flexibility index (Phi) is 7.17. The third kappa shape index (κ3) is 5.73. The molecule has 0 bridgehead atoms. The van der Waals surface area contributed by atoms with Gasteiger partial charge in [0, 0.05) is 17.4 Å². The van der Waals surface area contributed by atoms with Gasteiger partial charge in [0.1, 0.15) is 0 Å². The van der Waals surface area contributed by atoms with E-state index in [1.807, 2.05) is 55.5 Å². The van der Waals surface area contributed by atoms with Gasteiger partial charge < -0.3 is 10.4 Å². The van der Waals surface area contributed by atoms with Crippen molar-refractivity contribution in [3.8, 4) is 0 Å². The van der Waals surface area contributed by atoms with Crippen LogP contribution in [-0.4, -0.2) is 23.4 Å². The number of carbonyl (C=O) groups excluding carboxylic acids is 1. The molecule has 0 radical (unpaired) electrons. The van der Waals surface area contributed by atoms with E-state index < -0.39 is 0 Å². The lowest BCUT2D eigenvalue weighted by Gasteiger charge is -2.19. The lowest BCUT2D eigenvalue weighted by molar-refractivity contribution is -0.124. The molecule has 2 aromatic rings. The van der Waals surface area contributed by atoms with Crippen molar-refractivity contribution in [1.82, 2.24) is 5.32 Å². The summed E-state index contributed by atoms with van der Waals surface area (Å²) in [5.74, 6) is 1.55. The Bertz CT molecular complexity index is 589. The molecule has 0 fully saturated rings. The average Bonchev–Trinajstić information content (AvgIpc) is 2.61. The fourth-order valence-corrected chi connectivity index (χ4v) is 3.29. The molecule has 122 valence electrons. The molecule has 4 heteroatoms. The number of nitrogens with one attached hydrogen (secondary N) is 1. The largest absolute Gasteiger partial charge is 0.394 e. The standard InChI is InChI=1S/C19H23NO2S/c1-15(13-23-14-16-8-4-2-5-9-16)19(22)20-18(12-21)17-10-6-3-7-11-17/h2-11,15,18,21H,12-14H2,1H3,(H,20,22). The van der Waals surface area contributed by atoms with Crippen LogP contribution in [0.2, 0.25) is 0 Å². The number of hydrogen-bond donors (Lipinski definition) is 2. The maximum Gasteiger partial charge on any atom is 0.224 e. The van der Waals surface area contributed by atoms with E-state index in [0.717, 1.165) is 17.1 Å². The molecule has 0 saturated heterocycles. The van der Waals surface area contributed by atoms with Gasteiger partial charge in [0.05, 0.1) is 12.6 Å². The summed E-state index contributed by atoms with van der Waals surface area (Å²) in [5.41, 5.74) is 2.19. The number of carbonyl (C=O) groups is 1. The normalized spacial score (nSPS) is 13.3. The smallest absolute Gasteiger partial charge is 0.224 e. The van der Waals surface area contributed by atoms with Gasteiger partial charge in [0.25, 0.3) is 0 Å². The Hall–Kier alpha value is -1.78.